The number of hydrogen-bond acceptors (Lipinski definition) is 9. The molecule has 0 aliphatic carbocycles. The zero-order valence-electron chi connectivity index (χ0n) is 22.3. The molecule has 2 saturated heterocycles. The molecule has 6 heterocycles. The Hall–Kier alpha value is -3.16. The topological polar surface area (TPSA) is 112 Å². The van der Waals surface area contributed by atoms with Gasteiger partial charge in [0.2, 0.25) is 0 Å². The molecule has 0 aromatic carbocycles. The van der Waals surface area contributed by atoms with Gasteiger partial charge in [0.1, 0.15) is 35.5 Å². The van der Waals surface area contributed by atoms with Crippen LogP contribution in [-0.4, -0.2) is 91.8 Å². The number of nitrogens with zero attached hydrogens (tertiary/aromatic N) is 7. The summed E-state index contributed by atoms with van der Waals surface area (Å²) in [5, 5.41) is 24.1. The maximum Gasteiger partial charge on any atom is 0.147 e. The highest BCUT2D eigenvalue weighted by molar-refractivity contribution is 6.34. The Balaban J connectivity index is 1.22. The van der Waals surface area contributed by atoms with Crippen molar-refractivity contribution >= 4 is 17.1 Å². The molecule has 0 saturated carbocycles. The third-order valence-electron chi connectivity index (χ3n) is 7.82. The van der Waals surface area contributed by atoms with Crippen LogP contribution in [0.3, 0.4) is 0 Å². The van der Waals surface area contributed by atoms with E-state index < -0.39 is 18.0 Å². The minimum atomic E-state index is -0.517. The molecule has 4 aromatic rings. The molecular formula is C27H31ClFN7O4. The van der Waals surface area contributed by atoms with Crippen LogP contribution in [0.2, 0.25) is 5.02 Å². The summed E-state index contributed by atoms with van der Waals surface area (Å²) < 4.78 is 34.2. The highest BCUT2D eigenvalue weighted by atomic mass is 35.5. The van der Waals surface area contributed by atoms with E-state index in [1.165, 1.54) is 6.07 Å². The van der Waals surface area contributed by atoms with Gasteiger partial charge in [-0.1, -0.05) is 16.8 Å². The molecule has 13 heteroatoms. The van der Waals surface area contributed by atoms with Crippen LogP contribution < -0.4 is 4.74 Å². The van der Waals surface area contributed by atoms with Crippen LogP contribution in [0, 0.1) is 12.7 Å². The van der Waals surface area contributed by atoms with Crippen LogP contribution in [0.4, 0.5) is 4.39 Å². The predicted octanol–water partition coefficient (Wildman–Crippen LogP) is 3.25. The number of fused-ring (bicyclic) bond motifs is 1. The van der Waals surface area contributed by atoms with E-state index in [-0.39, 0.29) is 18.7 Å². The second-order valence-corrected chi connectivity index (χ2v) is 10.6. The van der Waals surface area contributed by atoms with E-state index in [2.05, 4.69) is 25.3 Å². The third kappa shape index (κ3) is 5.17. The number of rotatable bonds is 8. The van der Waals surface area contributed by atoms with Crippen molar-refractivity contribution in [1.29, 1.82) is 0 Å². The van der Waals surface area contributed by atoms with Crippen LogP contribution in [0.15, 0.2) is 36.8 Å². The number of hydrogen-bond donors (Lipinski definition) is 1. The second-order valence-electron chi connectivity index (χ2n) is 10.2. The number of piperidine rings is 1. The van der Waals surface area contributed by atoms with Gasteiger partial charge in [-0.05, 0) is 38.0 Å². The van der Waals surface area contributed by atoms with Gasteiger partial charge in [-0.25, -0.2) is 13.6 Å². The Morgan fingerprint density at radius 2 is 2.05 bits per heavy atom. The van der Waals surface area contributed by atoms with E-state index in [9.17, 15) is 9.50 Å². The van der Waals surface area contributed by atoms with Crippen LogP contribution in [-0.2, 0) is 9.47 Å². The van der Waals surface area contributed by atoms with Crippen LogP contribution in [0.25, 0.3) is 16.8 Å². The molecule has 11 nitrogen and oxygen atoms in total. The van der Waals surface area contributed by atoms with E-state index in [0.717, 1.165) is 49.1 Å². The van der Waals surface area contributed by atoms with E-state index >= 15 is 0 Å². The van der Waals surface area contributed by atoms with E-state index in [4.69, 9.17) is 25.8 Å². The monoisotopic (exact) mass is 571 g/mol. The highest BCUT2D eigenvalue weighted by Gasteiger charge is 2.35. The van der Waals surface area contributed by atoms with E-state index in [1.807, 2.05) is 23.9 Å². The Morgan fingerprint density at radius 3 is 2.75 bits per heavy atom. The van der Waals surface area contributed by atoms with Gasteiger partial charge in [0, 0.05) is 32.0 Å². The Kier molecular flexibility index (Phi) is 7.69. The van der Waals surface area contributed by atoms with E-state index in [1.54, 1.807) is 23.9 Å². The summed E-state index contributed by atoms with van der Waals surface area (Å²) in [6, 6.07) is 5.06. The Morgan fingerprint density at radius 1 is 1.23 bits per heavy atom. The first kappa shape index (κ1) is 27.0. The lowest BCUT2D eigenvalue weighted by Crippen LogP contribution is -2.47. The molecule has 2 aliphatic heterocycles. The predicted molar refractivity (Wildman–Crippen MR) is 144 cm³/mol. The molecule has 1 N–H and O–H groups in total. The molecular weight excluding hydrogens is 541 g/mol. The van der Waals surface area contributed by atoms with Gasteiger partial charge in [-0.2, -0.15) is 5.10 Å². The summed E-state index contributed by atoms with van der Waals surface area (Å²) in [4.78, 5) is 6.43. The van der Waals surface area contributed by atoms with Gasteiger partial charge in [0.15, 0.2) is 0 Å². The molecule has 2 aliphatic rings. The molecule has 2 fully saturated rings. The molecule has 6 rings (SSSR count). The fourth-order valence-electron chi connectivity index (χ4n) is 5.60. The molecule has 4 aromatic heterocycles. The van der Waals surface area contributed by atoms with Gasteiger partial charge in [0.25, 0.3) is 0 Å². The number of pyridine rings is 2. The summed E-state index contributed by atoms with van der Waals surface area (Å²) in [5.74, 6) is 0.0833. The average molecular weight is 572 g/mol. The Labute approximate surface area is 235 Å². The molecule has 0 radical (unpaired) electrons. The maximum atomic E-state index is 13.4. The number of ether oxygens (including phenoxy) is 3. The first-order valence-corrected chi connectivity index (χ1v) is 13.7. The molecule has 3 atom stereocenters. The fourth-order valence-corrected chi connectivity index (χ4v) is 5.83. The number of aliphatic hydroxyl groups is 1. The van der Waals surface area contributed by atoms with Crippen LogP contribution in [0.1, 0.15) is 36.4 Å². The van der Waals surface area contributed by atoms with Crippen molar-refractivity contribution < 1.29 is 23.7 Å². The highest BCUT2D eigenvalue weighted by Crippen LogP contribution is 2.35. The number of halogens is 2. The zero-order valence-corrected chi connectivity index (χ0v) is 23.0. The largest absolute Gasteiger partial charge is 0.488 e. The van der Waals surface area contributed by atoms with Gasteiger partial charge < -0.3 is 19.3 Å². The van der Waals surface area contributed by atoms with E-state index in [0.29, 0.717) is 35.2 Å². The smallest absolute Gasteiger partial charge is 0.147 e. The van der Waals surface area contributed by atoms with Gasteiger partial charge >= 0.3 is 0 Å². The maximum absolute atomic E-state index is 13.4. The number of methoxy groups -OCH3 is 1. The minimum absolute atomic E-state index is 0.0657. The Bertz CT molecular complexity index is 1470. The lowest BCUT2D eigenvalue weighted by Gasteiger charge is -2.36. The molecule has 0 bridgehead atoms. The summed E-state index contributed by atoms with van der Waals surface area (Å²) >= 11 is 6.46. The first-order chi connectivity index (χ1) is 19.4. The molecule has 40 heavy (non-hydrogen) atoms. The van der Waals surface area contributed by atoms with Crippen LogP contribution in [0.5, 0.6) is 5.75 Å². The molecule has 0 amide bonds. The molecule has 3 unspecified atom stereocenters. The van der Waals surface area contributed by atoms with Gasteiger partial charge in [-0.15, -0.1) is 5.10 Å². The van der Waals surface area contributed by atoms with Crippen molar-refractivity contribution in [3.8, 4) is 17.0 Å². The minimum Gasteiger partial charge on any atom is -0.488 e. The first-order valence-electron chi connectivity index (χ1n) is 13.3. The lowest BCUT2D eigenvalue weighted by atomic mass is 10.0. The van der Waals surface area contributed by atoms with Gasteiger partial charge in [-0.3, -0.25) is 9.88 Å². The third-order valence-corrected chi connectivity index (χ3v) is 8.10. The quantitative estimate of drug-likeness (QED) is 0.340. The number of aliphatic hydroxyl groups excluding tert-OH is 1. The van der Waals surface area contributed by atoms with Crippen molar-refractivity contribution in [3.63, 3.8) is 0 Å². The number of aromatic nitrogens is 6. The fraction of sp³-hybridized carbons (Fsp3) is 0.481. The van der Waals surface area contributed by atoms with Crippen molar-refractivity contribution in [2.75, 3.05) is 40.0 Å². The summed E-state index contributed by atoms with van der Waals surface area (Å²) in [6.45, 7) is 4.85. The van der Waals surface area contributed by atoms with Crippen LogP contribution >= 0.6 is 11.6 Å². The van der Waals surface area contributed by atoms with Crippen molar-refractivity contribution in [1.82, 2.24) is 34.5 Å². The second kappa shape index (κ2) is 11.4. The van der Waals surface area contributed by atoms with Gasteiger partial charge in [0.05, 0.1) is 60.2 Å². The SMILES string of the molecule is COC(COc1cc(-c2nnn(C3CCN(C4COCC4O)CC3)c2C)cn2ncc(Cl)c12)c1ccc(F)cn1. The molecule has 0 spiro atoms. The lowest BCUT2D eigenvalue weighted by molar-refractivity contribution is 0.0549. The number of likely N-dealkylation sites (tertiary alicyclic amines) is 1. The van der Waals surface area contributed by atoms with Crippen molar-refractivity contribution in [3.05, 3.63) is 59.0 Å². The summed E-state index contributed by atoms with van der Waals surface area (Å²) in [7, 11) is 1.55. The zero-order chi connectivity index (χ0) is 27.8. The normalized spacial score (nSPS) is 21.3. The average Bonchev–Trinajstić information content (AvgIpc) is 3.68. The van der Waals surface area contributed by atoms with Crippen molar-refractivity contribution in [2.45, 2.75) is 44.1 Å². The molecule has 212 valence electrons. The standard InChI is InChI=1S/C27H31ClFN7O4/c1-16-26(32-33-36(16)19-5-7-34(8-6-19)22-13-39-14-23(22)37)17-9-24(27-20(28)11-31-35(27)12-17)40-15-25(38-2)21-4-3-18(29)10-30-21/h3-4,9-12,19,22-23,25,37H,5-8,13-15H2,1-2H3. The summed E-state index contributed by atoms with van der Waals surface area (Å²) in [6.07, 6.45) is 5.44. The van der Waals surface area contributed by atoms with Crippen molar-refractivity contribution in [2.24, 2.45) is 0 Å². The summed E-state index contributed by atoms with van der Waals surface area (Å²) in [5.41, 5.74) is 3.61.